The van der Waals surface area contributed by atoms with Crippen LogP contribution in [0.3, 0.4) is 0 Å². The zero-order valence-electron chi connectivity index (χ0n) is 6.96. The number of anilines is 1. The SMILES string of the molecule is CNc1nc(C)nc2cscc12. The molecule has 0 aliphatic carbocycles. The van der Waals surface area contributed by atoms with Crippen LogP contribution in [0.2, 0.25) is 0 Å². The maximum atomic E-state index is 4.30. The van der Waals surface area contributed by atoms with Crippen LogP contribution in [0.25, 0.3) is 10.9 Å². The molecule has 62 valence electrons. The van der Waals surface area contributed by atoms with Gasteiger partial charge in [0.15, 0.2) is 0 Å². The van der Waals surface area contributed by atoms with Gasteiger partial charge in [0.25, 0.3) is 0 Å². The fourth-order valence-corrected chi connectivity index (χ4v) is 1.91. The summed E-state index contributed by atoms with van der Waals surface area (Å²) >= 11 is 1.65. The van der Waals surface area contributed by atoms with Crippen LogP contribution in [0.4, 0.5) is 5.82 Å². The van der Waals surface area contributed by atoms with Gasteiger partial charge in [-0.1, -0.05) is 0 Å². The summed E-state index contributed by atoms with van der Waals surface area (Å²) < 4.78 is 0. The molecule has 0 bridgehead atoms. The monoisotopic (exact) mass is 179 g/mol. The normalized spacial score (nSPS) is 10.5. The van der Waals surface area contributed by atoms with Crippen molar-refractivity contribution in [1.29, 1.82) is 0 Å². The number of rotatable bonds is 1. The Bertz CT molecular complexity index is 408. The maximum Gasteiger partial charge on any atom is 0.138 e. The van der Waals surface area contributed by atoms with Gasteiger partial charge in [-0.2, -0.15) is 0 Å². The molecule has 0 radical (unpaired) electrons. The van der Waals surface area contributed by atoms with E-state index >= 15 is 0 Å². The van der Waals surface area contributed by atoms with Gasteiger partial charge < -0.3 is 5.32 Å². The van der Waals surface area contributed by atoms with E-state index in [1.807, 2.05) is 19.4 Å². The van der Waals surface area contributed by atoms with E-state index in [1.165, 1.54) is 0 Å². The third-order valence-corrected chi connectivity index (χ3v) is 2.42. The predicted molar refractivity (Wildman–Crippen MR) is 51.7 cm³/mol. The molecule has 0 aliphatic rings. The lowest BCUT2D eigenvalue weighted by atomic mass is 10.3. The topological polar surface area (TPSA) is 37.8 Å². The lowest BCUT2D eigenvalue weighted by Crippen LogP contribution is -1.96. The Balaban J connectivity index is 2.80. The summed E-state index contributed by atoms with van der Waals surface area (Å²) in [6.45, 7) is 1.90. The summed E-state index contributed by atoms with van der Waals surface area (Å²) in [5.74, 6) is 1.73. The van der Waals surface area contributed by atoms with Crippen LogP contribution in [0, 0.1) is 6.92 Å². The number of nitrogens with zero attached hydrogens (tertiary/aromatic N) is 2. The van der Waals surface area contributed by atoms with Gasteiger partial charge in [0.2, 0.25) is 0 Å². The highest BCUT2D eigenvalue weighted by Crippen LogP contribution is 2.23. The minimum absolute atomic E-state index is 0.810. The quantitative estimate of drug-likeness (QED) is 0.728. The molecule has 0 atom stereocenters. The highest BCUT2D eigenvalue weighted by molar-refractivity contribution is 7.09. The zero-order chi connectivity index (χ0) is 8.55. The highest BCUT2D eigenvalue weighted by Gasteiger charge is 2.03. The molecule has 0 spiro atoms. The second-order valence-electron chi connectivity index (χ2n) is 2.54. The zero-order valence-corrected chi connectivity index (χ0v) is 7.77. The van der Waals surface area contributed by atoms with E-state index in [-0.39, 0.29) is 0 Å². The Morgan fingerprint density at radius 3 is 2.92 bits per heavy atom. The van der Waals surface area contributed by atoms with E-state index in [0.717, 1.165) is 22.5 Å². The fraction of sp³-hybridized carbons (Fsp3) is 0.250. The first kappa shape index (κ1) is 7.49. The molecule has 0 fully saturated rings. The number of hydrogen-bond donors (Lipinski definition) is 1. The van der Waals surface area contributed by atoms with Gasteiger partial charge in [-0.3, -0.25) is 0 Å². The summed E-state index contributed by atoms with van der Waals surface area (Å²) in [5, 5.41) is 8.25. The fourth-order valence-electron chi connectivity index (χ4n) is 1.17. The van der Waals surface area contributed by atoms with Crippen LogP contribution >= 0.6 is 11.3 Å². The summed E-state index contributed by atoms with van der Waals surface area (Å²) in [7, 11) is 1.87. The van der Waals surface area contributed by atoms with Crippen molar-refractivity contribution in [2.24, 2.45) is 0 Å². The van der Waals surface area contributed by atoms with Crippen molar-refractivity contribution in [2.45, 2.75) is 6.92 Å². The van der Waals surface area contributed by atoms with Crippen molar-refractivity contribution in [2.75, 3.05) is 12.4 Å². The van der Waals surface area contributed by atoms with E-state index < -0.39 is 0 Å². The molecule has 0 saturated heterocycles. The Hall–Kier alpha value is -1.16. The van der Waals surface area contributed by atoms with Crippen LogP contribution in [0.1, 0.15) is 5.82 Å². The molecule has 2 aromatic heterocycles. The van der Waals surface area contributed by atoms with E-state index in [9.17, 15) is 0 Å². The third kappa shape index (κ3) is 1.04. The van der Waals surface area contributed by atoms with Crippen molar-refractivity contribution >= 4 is 28.1 Å². The largest absolute Gasteiger partial charge is 0.372 e. The van der Waals surface area contributed by atoms with Crippen LogP contribution in [-0.4, -0.2) is 17.0 Å². The molecule has 2 heterocycles. The molecule has 1 N–H and O–H groups in total. The maximum absolute atomic E-state index is 4.30. The van der Waals surface area contributed by atoms with E-state index in [0.29, 0.717) is 0 Å². The molecule has 0 aliphatic heterocycles. The van der Waals surface area contributed by atoms with Crippen LogP contribution in [0.5, 0.6) is 0 Å². The molecule has 0 unspecified atom stereocenters. The average Bonchev–Trinajstić information content (AvgIpc) is 2.50. The summed E-state index contributed by atoms with van der Waals surface area (Å²) in [6.07, 6.45) is 0. The number of aromatic nitrogens is 2. The molecule has 2 rings (SSSR count). The minimum Gasteiger partial charge on any atom is -0.372 e. The second kappa shape index (κ2) is 2.71. The lowest BCUT2D eigenvalue weighted by Gasteiger charge is -2.01. The van der Waals surface area contributed by atoms with Gasteiger partial charge in [-0.05, 0) is 6.92 Å². The standard InChI is InChI=1S/C8H9N3S/c1-5-10-7-4-12-3-6(7)8(9-2)11-5/h3-4H,1-2H3,(H,9,10,11). The Labute approximate surface area is 74.5 Å². The predicted octanol–water partition coefficient (Wildman–Crippen LogP) is 2.04. The van der Waals surface area contributed by atoms with Crippen molar-refractivity contribution in [3.05, 3.63) is 16.6 Å². The molecule has 2 aromatic rings. The van der Waals surface area contributed by atoms with Crippen molar-refractivity contribution in [3.63, 3.8) is 0 Å². The molecule has 3 nitrogen and oxygen atoms in total. The van der Waals surface area contributed by atoms with Crippen LogP contribution in [0.15, 0.2) is 10.8 Å². The van der Waals surface area contributed by atoms with Gasteiger partial charge in [-0.15, -0.1) is 11.3 Å². The first-order valence-electron chi connectivity index (χ1n) is 3.69. The number of thiophene rings is 1. The molecule has 0 aromatic carbocycles. The average molecular weight is 179 g/mol. The smallest absolute Gasteiger partial charge is 0.138 e. The van der Waals surface area contributed by atoms with Crippen molar-refractivity contribution in [3.8, 4) is 0 Å². The molecule has 12 heavy (non-hydrogen) atoms. The second-order valence-corrected chi connectivity index (χ2v) is 3.28. The first-order valence-corrected chi connectivity index (χ1v) is 4.64. The molecular weight excluding hydrogens is 170 g/mol. The van der Waals surface area contributed by atoms with E-state index in [2.05, 4.69) is 20.7 Å². The van der Waals surface area contributed by atoms with Gasteiger partial charge in [-0.25, -0.2) is 9.97 Å². The van der Waals surface area contributed by atoms with Crippen LogP contribution < -0.4 is 5.32 Å². The summed E-state index contributed by atoms with van der Waals surface area (Å²) in [6, 6.07) is 0. The summed E-state index contributed by atoms with van der Waals surface area (Å²) in [5.41, 5.74) is 1.02. The molecule has 0 saturated carbocycles. The van der Waals surface area contributed by atoms with Gasteiger partial charge in [0, 0.05) is 17.8 Å². The summed E-state index contributed by atoms with van der Waals surface area (Å²) in [4.78, 5) is 8.58. The van der Waals surface area contributed by atoms with Gasteiger partial charge in [0.1, 0.15) is 11.6 Å². The first-order chi connectivity index (χ1) is 5.81. The minimum atomic E-state index is 0.810. The Morgan fingerprint density at radius 2 is 2.17 bits per heavy atom. The van der Waals surface area contributed by atoms with E-state index in [1.54, 1.807) is 11.3 Å². The van der Waals surface area contributed by atoms with Gasteiger partial charge in [0.05, 0.1) is 10.9 Å². The van der Waals surface area contributed by atoms with Crippen LogP contribution in [-0.2, 0) is 0 Å². The Morgan fingerprint density at radius 1 is 1.33 bits per heavy atom. The highest BCUT2D eigenvalue weighted by atomic mass is 32.1. The molecule has 4 heteroatoms. The third-order valence-electron chi connectivity index (χ3n) is 1.69. The number of fused-ring (bicyclic) bond motifs is 1. The Kier molecular flexibility index (Phi) is 1.69. The lowest BCUT2D eigenvalue weighted by molar-refractivity contribution is 1.09. The molecular formula is C8H9N3S. The van der Waals surface area contributed by atoms with Crippen molar-refractivity contribution < 1.29 is 0 Å². The number of nitrogens with one attached hydrogen (secondary N) is 1. The van der Waals surface area contributed by atoms with E-state index in [4.69, 9.17) is 0 Å². The number of aryl methyl sites for hydroxylation is 1. The van der Waals surface area contributed by atoms with Gasteiger partial charge >= 0.3 is 0 Å². The molecule has 0 amide bonds. The van der Waals surface area contributed by atoms with Crippen molar-refractivity contribution in [1.82, 2.24) is 9.97 Å². The number of hydrogen-bond acceptors (Lipinski definition) is 4.